The van der Waals surface area contributed by atoms with Crippen LogP contribution in [0.2, 0.25) is 5.28 Å². The second kappa shape index (κ2) is 7.68. The van der Waals surface area contributed by atoms with Crippen LogP contribution in [0.4, 0.5) is 5.82 Å². The van der Waals surface area contributed by atoms with Crippen LogP contribution in [-0.2, 0) is 25.5 Å². The van der Waals surface area contributed by atoms with Gasteiger partial charge in [-0.05, 0) is 25.4 Å². The van der Waals surface area contributed by atoms with Crippen LogP contribution in [0, 0.1) is 0 Å². The first kappa shape index (κ1) is 17.6. The first-order chi connectivity index (χ1) is 10.3. The van der Waals surface area contributed by atoms with E-state index in [0.717, 1.165) is 18.9 Å². The highest BCUT2D eigenvalue weighted by Gasteiger charge is 2.20. The van der Waals surface area contributed by atoms with Gasteiger partial charge >= 0.3 is 0 Å². The van der Waals surface area contributed by atoms with Crippen molar-refractivity contribution in [2.75, 3.05) is 37.0 Å². The van der Waals surface area contributed by atoms with E-state index < -0.39 is 16.4 Å². The highest BCUT2D eigenvalue weighted by atomic mass is 35.5. The zero-order valence-corrected chi connectivity index (χ0v) is 14.6. The SMILES string of the molecule is CC(C)(O)CC[SH+](=O)Cc1cc(N2CCOCC2)nc(Cl)n1. The fourth-order valence-electron chi connectivity index (χ4n) is 2.15. The third-order valence-electron chi connectivity index (χ3n) is 3.38. The van der Waals surface area contributed by atoms with Crippen LogP contribution in [0.15, 0.2) is 6.07 Å². The fraction of sp³-hybridized carbons (Fsp3) is 0.714. The smallest absolute Gasteiger partial charge is 0.224 e. The van der Waals surface area contributed by atoms with Crippen LogP contribution in [-0.4, -0.2) is 52.7 Å². The Morgan fingerprint density at radius 1 is 1.41 bits per heavy atom. The standard InChI is InChI=1S/C14H22ClN3O3S/c1-14(2,19)3-8-22(20)10-11-9-12(17-13(15)16-11)18-4-6-21-7-5-18/h9,19H,3-8,10H2,1-2H3/p+1. The average molecular weight is 349 g/mol. The average Bonchev–Trinajstić information content (AvgIpc) is 2.45. The summed E-state index contributed by atoms with van der Waals surface area (Å²) < 4.78 is 17.5. The predicted octanol–water partition coefficient (Wildman–Crippen LogP) is 1.32. The Labute approximate surface area is 138 Å². The Bertz CT molecular complexity index is 531. The van der Waals surface area contributed by atoms with E-state index >= 15 is 0 Å². The highest BCUT2D eigenvalue weighted by Crippen LogP contribution is 2.18. The molecular weight excluding hydrogens is 326 g/mol. The van der Waals surface area contributed by atoms with E-state index in [4.69, 9.17) is 16.3 Å². The van der Waals surface area contributed by atoms with Crippen LogP contribution < -0.4 is 4.90 Å². The zero-order valence-electron chi connectivity index (χ0n) is 13.0. The van der Waals surface area contributed by atoms with E-state index in [9.17, 15) is 9.32 Å². The van der Waals surface area contributed by atoms with Gasteiger partial charge in [-0.15, -0.1) is 4.21 Å². The molecule has 1 saturated heterocycles. The molecule has 0 aromatic carbocycles. The van der Waals surface area contributed by atoms with Gasteiger partial charge in [0.2, 0.25) is 5.28 Å². The van der Waals surface area contributed by atoms with Crippen LogP contribution >= 0.6 is 11.6 Å². The van der Waals surface area contributed by atoms with Crippen molar-refractivity contribution in [2.24, 2.45) is 0 Å². The maximum atomic E-state index is 12.2. The highest BCUT2D eigenvalue weighted by molar-refractivity contribution is 7.84. The van der Waals surface area contributed by atoms with Crippen molar-refractivity contribution in [3.63, 3.8) is 0 Å². The van der Waals surface area contributed by atoms with Crippen molar-refractivity contribution in [3.8, 4) is 0 Å². The maximum absolute atomic E-state index is 12.2. The quantitative estimate of drug-likeness (QED) is 0.475. The summed E-state index contributed by atoms with van der Waals surface area (Å²) in [5.74, 6) is 1.57. The molecule has 1 aliphatic rings. The molecular formula is C14H23ClN3O3S+. The molecule has 0 bridgehead atoms. The first-order valence-corrected chi connectivity index (χ1v) is 9.35. The molecule has 0 radical (unpaired) electrons. The molecule has 1 N–H and O–H groups in total. The van der Waals surface area contributed by atoms with E-state index in [1.54, 1.807) is 13.8 Å². The molecule has 1 aromatic rings. The van der Waals surface area contributed by atoms with E-state index in [0.29, 0.717) is 36.8 Å². The molecule has 2 heterocycles. The zero-order chi connectivity index (χ0) is 16.2. The number of thiol groups is 1. The number of ether oxygens (including phenoxy) is 1. The number of anilines is 1. The summed E-state index contributed by atoms with van der Waals surface area (Å²) in [5, 5.41) is 9.87. The van der Waals surface area contributed by atoms with Gasteiger partial charge in [-0.1, -0.05) is 0 Å². The number of hydrogen-bond acceptors (Lipinski definition) is 6. The monoisotopic (exact) mass is 348 g/mol. The lowest BCUT2D eigenvalue weighted by Gasteiger charge is -2.27. The Kier molecular flexibility index (Phi) is 6.14. The van der Waals surface area contributed by atoms with Gasteiger partial charge in [0.05, 0.1) is 35.3 Å². The Hall–Kier alpha value is -0.760. The van der Waals surface area contributed by atoms with Crippen LogP contribution in [0.5, 0.6) is 0 Å². The molecule has 0 amide bonds. The van der Waals surface area contributed by atoms with Gasteiger partial charge in [-0.3, -0.25) is 0 Å². The lowest BCUT2D eigenvalue weighted by molar-refractivity contribution is 0.0774. The molecule has 0 saturated carbocycles. The largest absolute Gasteiger partial charge is 0.390 e. The fourth-order valence-corrected chi connectivity index (χ4v) is 3.82. The lowest BCUT2D eigenvalue weighted by atomic mass is 10.1. The molecule has 1 atom stereocenters. The normalized spacial score (nSPS) is 17.5. The van der Waals surface area contributed by atoms with E-state index in [1.807, 2.05) is 6.07 Å². The number of rotatable bonds is 6. The van der Waals surface area contributed by atoms with Crippen LogP contribution in [0.25, 0.3) is 0 Å². The minimum Gasteiger partial charge on any atom is -0.390 e. The van der Waals surface area contributed by atoms with Crippen molar-refractivity contribution in [3.05, 3.63) is 17.0 Å². The summed E-state index contributed by atoms with van der Waals surface area (Å²) in [7, 11) is -1.47. The Morgan fingerprint density at radius 2 is 2.09 bits per heavy atom. The van der Waals surface area contributed by atoms with Crippen molar-refractivity contribution in [1.82, 2.24) is 9.97 Å². The van der Waals surface area contributed by atoms with Gasteiger partial charge in [-0.2, -0.15) is 0 Å². The topological polar surface area (TPSA) is 75.5 Å². The second-order valence-electron chi connectivity index (χ2n) is 6.01. The molecule has 6 nitrogen and oxygen atoms in total. The molecule has 8 heteroatoms. The van der Waals surface area contributed by atoms with Gasteiger partial charge in [0, 0.05) is 25.6 Å². The molecule has 1 unspecified atom stereocenters. The van der Waals surface area contributed by atoms with E-state index in [2.05, 4.69) is 14.9 Å². The van der Waals surface area contributed by atoms with E-state index in [1.165, 1.54) is 0 Å². The van der Waals surface area contributed by atoms with Gasteiger partial charge in [0.15, 0.2) is 5.75 Å². The molecule has 0 spiro atoms. The van der Waals surface area contributed by atoms with Crippen molar-refractivity contribution in [1.29, 1.82) is 0 Å². The molecule has 1 aliphatic heterocycles. The number of morpholine rings is 1. The molecule has 1 fully saturated rings. The first-order valence-electron chi connectivity index (χ1n) is 7.34. The van der Waals surface area contributed by atoms with Crippen molar-refractivity contribution < 1.29 is 14.1 Å². The number of halogens is 1. The summed E-state index contributed by atoms with van der Waals surface area (Å²) in [6, 6.07) is 1.84. The minimum atomic E-state index is -1.47. The number of nitrogens with zero attached hydrogens (tertiary/aromatic N) is 3. The van der Waals surface area contributed by atoms with Crippen LogP contribution in [0.3, 0.4) is 0 Å². The van der Waals surface area contributed by atoms with Gasteiger partial charge < -0.3 is 14.7 Å². The Morgan fingerprint density at radius 3 is 2.73 bits per heavy atom. The molecule has 124 valence electrons. The maximum Gasteiger partial charge on any atom is 0.224 e. The summed E-state index contributed by atoms with van der Waals surface area (Å²) in [4.78, 5) is 10.5. The third kappa shape index (κ3) is 5.79. The summed E-state index contributed by atoms with van der Waals surface area (Å²) >= 11 is 5.99. The third-order valence-corrected chi connectivity index (χ3v) is 4.95. The molecule has 22 heavy (non-hydrogen) atoms. The number of aromatic nitrogens is 2. The predicted molar refractivity (Wildman–Crippen MR) is 89.0 cm³/mol. The Balaban J connectivity index is 2.01. The summed E-state index contributed by atoms with van der Waals surface area (Å²) in [6.45, 7) is 6.28. The summed E-state index contributed by atoms with van der Waals surface area (Å²) in [5.41, 5.74) is -0.119. The summed E-state index contributed by atoms with van der Waals surface area (Å²) in [6.07, 6.45) is 0.497. The molecule has 0 aliphatic carbocycles. The van der Waals surface area contributed by atoms with Gasteiger partial charge in [0.25, 0.3) is 0 Å². The van der Waals surface area contributed by atoms with Crippen molar-refractivity contribution >= 4 is 28.2 Å². The van der Waals surface area contributed by atoms with Gasteiger partial charge in [0.1, 0.15) is 11.6 Å². The minimum absolute atomic E-state index is 0.171. The second-order valence-corrected chi connectivity index (χ2v) is 8.08. The molecule has 2 rings (SSSR count). The number of aliphatic hydroxyl groups is 1. The van der Waals surface area contributed by atoms with Crippen molar-refractivity contribution in [2.45, 2.75) is 31.6 Å². The van der Waals surface area contributed by atoms with Gasteiger partial charge in [-0.25, -0.2) is 9.97 Å². The van der Waals surface area contributed by atoms with Crippen LogP contribution in [0.1, 0.15) is 26.0 Å². The lowest BCUT2D eigenvalue weighted by Crippen LogP contribution is -2.36. The molecule has 1 aromatic heterocycles. The number of hydrogen-bond donors (Lipinski definition) is 1. The van der Waals surface area contributed by atoms with E-state index in [-0.39, 0.29) is 5.28 Å².